The maximum Gasteiger partial charge on any atom is 0.0344 e. The van der Waals surface area contributed by atoms with Gasteiger partial charge in [0.1, 0.15) is 0 Å². The van der Waals surface area contributed by atoms with Crippen LogP contribution in [0.15, 0.2) is 32.9 Å². The third-order valence-electron chi connectivity index (χ3n) is 18.2. The quantitative estimate of drug-likeness (QED) is 0.0471. The maximum absolute atomic E-state index is 2.47. The van der Waals surface area contributed by atoms with Crippen molar-refractivity contribution in [3.8, 4) is 0 Å². The molecule has 0 bridgehead atoms. The highest BCUT2D eigenvalue weighted by Gasteiger charge is 2.11. The van der Waals surface area contributed by atoms with Crippen LogP contribution in [0.25, 0.3) is 0 Å². The lowest BCUT2D eigenvalue weighted by atomic mass is 10.0. The Morgan fingerprint density at radius 1 is 0.173 bits per heavy atom. The van der Waals surface area contributed by atoms with E-state index in [1.165, 1.54) is 441 Å². The molecule has 0 N–H and O–H groups in total. The van der Waals surface area contributed by atoms with Gasteiger partial charge in [0.2, 0.25) is 0 Å². The van der Waals surface area contributed by atoms with Crippen molar-refractivity contribution in [2.24, 2.45) is 0 Å². The Kier molecular flexibility index (Phi) is 69.5. The molecular weight excluding hydrogens is 1030 g/mol. The number of benzene rings is 1. The predicted octanol–water partition coefficient (Wildman–Crippen LogP) is 30.8. The minimum absolute atomic E-state index is 1.29. The highest BCUT2D eigenvalue weighted by Crippen LogP contribution is 2.40. The van der Waals surface area contributed by atoms with Crippen LogP contribution >= 0.6 is 35.3 Å². The smallest absolute Gasteiger partial charge is 0.0344 e. The largest absolute Gasteiger partial charge is 0.125 e. The Morgan fingerprint density at radius 2 is 0.309 bits per heavy atom. The van der Waals surface area contributed by atoms with Gasteiger partial charge in [-0.25, -0.2) is 0 Å². The Balaban J connectivity index is 2.24. The molecule has 3 heteroatoms. The van der Waals surface area contributed by atoms with Crippen LogP contribution in [0.4, 0.5) is 0 Å². The molecule has 0 spiro atoms. The average Bonchev–Trinajstić information content (AvgIpc) is 3.48. The van der Waals surface area contributed by atoms with E-state index in [2.05, 4.69) is 74.3 Å². The van der Waals surface area contributed by atoms with Crippen LogP contribution in [0.5, 0.6) is 0 Å². The summed E-state index contributed by atoms with van der Waals surface area (Å²) in [5, 5.41) is 0. The van der Waals surface area contributed by atoms with E-state index in [0.717, 1.165) is 0 Å². The van der Waals surface area contributed by atoms with Crippen molar-refractivity contribution in [2.75, 3.05) is 17.3 Å². The lowest BCUT2D eigenvalue weighted by Crippen LogP contribution is -1.91. The van der Waals surface area contributed by atoms with Crippen LogP contribution < -0.4 is 0 Å². The zero-order valence-electron chi connectivity index (χ0n) is 56.2. The van der Waals surface area contributed by atoms with E-state index < -0.39 is 0 Å². The molecule has 0 aliphatic rings. The van der Waals surface area contributed by atoms with E-state index in [1.807, 2.05) is 0 Å². The van der Waals surface area contributed by atoms with Crippen LogP contribution in [-0.4, -0.2) is 17.3 Å². The number of thioether (sulfide) groups is 3. The van der Waals surface area contributed by atoms with Crippen molar-refractivity contribution in [3.05, 3.63) is 18.2 Å². The fraction of sp³-hybridized carbons (Fsp3) is 0.923. The van der Waals surface area contributed by atoms with Gasteiger partial charge in [0.25, 0.3) is 0 Å². The molecule has 0 fully saturated rings. The van der Waals surface area contributed by atoms with Crippen molar-refractivity contribution < 1.29 is 0 Å². The molecule has 0 aliphatic heterocycles. The first-order chi connectivity index (χ1) is 40.3. The molecule has 0 amide bonds. The van der Waals surface area contributed by atoms with Crippen LogP contribution in [0.3, 0.4) is 0 Å². The number of rotatable bonds is 72. The third kappa shape index (κ3) is 61.7. The Labute approximate surface area is 526 Å². The van der Waals surface area contributed by atoms with Crippen molar-refractivity contribution >= 4 is 35.3 Å². The lowest BCUT2D eigenvalue weighted by Gasteiger charge is -2.14. The minimum Gasteiger partial charge on any atom is -0.125 e. The van der Waals surface area contributed by atoms with E-state index in [1.54, 1.807) is 14.7 Å². The fourth-order valence-electron chi connectivity index (χ4n) is 12.5. The zero-order chi connectivity index (χ0) is 57.8. The van der Waals surface area contributed by atoms with Gasteiger partial charge in [0.05, 0.1) is 0 Å². The maximum atomic E-state index is 2.47. The molecule has 0 unspecified atom stereocenters. The molecule has 1 aromatic carbocycles. The van der Waals surface area contributed by atoms with E-state index in [-0.39, 0.29) is 0 Å². The van der Waals surface area contributed by atoms with Gasteiger partial charge in [0, 0.05) is 14.7 Å². The summed E-state index contributed by atoms with van der Waals surface area (Å²) < 4.78 is 0. The topological polar surface area (TPSA) is 0 Å². The predicted molar refractivity (Wildman–Crippen MR) is 380 cm³/mol. The summed E-state index contributed by atoms with van der Waals surface area (Å²) in [7, 11) is 0. The summed E-state index contributed by atoms with van der Waals surface area (Å²) in [6.07, 6.45) is 96.5. The highest BCUT2D eigenvalue weighted by atomic mass is 32.2. The lowest BCUT2D eigenvalue weighted by molar-refractivity contribution is 0.520. The van der Waals surface area contributed by atoms with Crippen molar-refractivity contribution in [1.82, 2.24) is 0 Å². The van der Waals surface area contributed by atoms with Gasteiger partial charge >= 0.3 is 0 Å². The summed E-state index contributed by atoms with van der Waals surface area (Å²) in [6, 6.07) is 7.31. The molecule has 480 valence electrons. The SMILES string of the molecule is CCCCCCCCCCCCCCCCCCCCCCCCSc1cccc(SCCCCCCCCCCCCCCCCCCCCCCCC)c1SCCCCCCCCCCCCCCCCCCCCCCCC. The monoisotopic (exact) mass is 1180 g/mol. The molecule has 1 rings (SSSR count). The molecule has 0 nitrogen and oxygen atoms in total. The van der Waals surface area contributed by atoms with Crippen LogP contribution in [0, 0.1) is 0 Å². The van der Waals surface area contributed by atoms with Gasteiger partial charge in [-0.2, -0.15) is 0 Å². The molecular formula is C78H150S3. The van der Waals surface area contributed by atoms with Gasteiger partial charge in [-0.1, -0.05) is 431 Å². The molecule has 0 heterocycles. The van der Waals surface area contributed by atoms with Crippen LogP contribution in [-0.2, 0) is 0 Å². The van der Waals surface area contributed by atoms with E-state index in [0.29, 0.717) is 0 Å². The fourth-order valence-corrected chi connectivity index (χ4v) is 16.2. The number of hydrogen-bond donors (Lipinski definition) is 0. The molecule has 0 saturated heterocycles. The van der Waals surface area contributed by atoms with Crippen molar-refractivity contribution in [1.29, 1.82) is 0 Å². The first-order valence-corrected chi connectivity index (χ1v) is 41.3. The summed E-state index contributed by atoms with van der Waals surface area (Å²) in [5.41, 5.74) is 0. The van der Waals surface area contributed by atoms with Gasteiger partial charge in [-0.3, -0.25) is 0 Å². The Morgan fingerprint density at radius 3 is 0.469 bits per heavy atom. The molecule has 0 aliphatic carbocycles. The molecule has 0 aromatic heterocycles. The third-order valence-corrected chi connectivity index (χ3v) is 22.0. The first-order valence-electron chi connectivity index (χ1n) is 38.3. The van der Waals surface area contributed by atoms with Crippen molar-refractivity contribution in [3.63, 3.8) is 0 Å². The van der Waals surface area contributed by atoms with E-state index >= 15 is 0 Å². The standard InChI is InChI=1S/C78H150S3/c1-4-7-10-13-16-19-22-25-28-31-34-37-40-43-46-49-52-55-58-61-64-67-73-79-76-71-70-72-77(80-74-68-65-62-59-56-53-50-47-44-41-38-35-32-29-26-23-20-17-14-11-8-5-2)78(76)81-75-69-66-63-60-57-54-51-48-45-42-39-36-33-30-27-24-21-18-15-12-9-6-3/h70-72H,4-69,73-75H2,1-3H3. The van der Waals surface area contributed by atoms with E-state index in [4.69, 9.17) is 0 Å². The number of unbranched alkanes of at least 4 members (excludes halogenated alkanes) is 63. The van der Waals surface area contributed by atoms with E-state index in [9.17, 15) is 0 Å². The van der Waals surface area contributed by atoms with Gasteiger partial charge in [-0.15, -0.1) is 35.3 Å². The average molecular weight is 1180 g/mol. The van der Waals surface area contributed by atoms with Gasteiger partial charge in [-0.05, 0) is 48.7 Å². The zero-order valence-corrected chi connectivity index (χ0v) is 58.7. The van der Waals surface area contributed by atoms with Gasteiger partial charge in [0.15, 0.2) is 0 Å². The molecule has 0 atom stereocenters. The summed E-state index contributed by atoms with van der Waals surface area (Å²) in [5.74, 6) is 3.88. The van der Waals surface area contributed by atoms with Crippen LogP contribution in [0.2, 0.25) is 0 Å². The molecule has 0 saturated carbocycles. The van der Waals surface area contributed by atoms with Crippen LogP contribution in [0.1, 0.15) is 445 Å². The Hall–Kier alpha value is 0.270. The Bertz CT molecular complexity index is 1210. The second kappa shape index (κ2) is 71.0. The number of hydrogen-bond acceptors (Lipinski definition) is 3. The summed E-state index contributed by atoms with van der Waals surface area (Å²) in [6.45, 7) is 6.96. The van der Waals surface area contributed by atoms with Gasteiger partial charge < -0.3 is 0 Å². The second-order valence-corrected chi connectivity index (χ2v) is 29.8. The second-order valence-electron chi connectivity index (χ2n) is 26.4. The molecule has 1 aromatic rings. The van der Waals surface area contributed by atoms with Crippen molar-refractivity contribution in [2.45, 2.75) is 459 Å². The summed E-state index contributed by atoms with van der Waals surface area (Å²) in [4.78, 5) is 4.80. The minimum atomic E-state index is 1.29. The molecule has 81 heavy (non-hydrogen) atoms. The summed E-state index contributed by atoms with van der Waals surface area (Å²) >= 11 is 6.57. The normalized spacial score (nSPS) is 11.7. The molecule has 0 radical (unpaired) electrons. The highest BCUT2D eigenvalue weighted by molar-refractivity contribution is 8.03. The first kappa shape index (κ1) is 79.3.